The molecular formula is C29H28BrN7O3. The summed E-state index contributed by atoms with van der Waals surface area (Å²) >= 11 is 3.32. The van der Waals surface area contributed by atoms with Gasteiger partial charge in [0.25, 0.3) is 0 Å². The van der Waals surface area contributed by atoms with Crippen molar-refractivity contribution in [3.05, 3.63) is 71.0 Å². The minimum Gasteiger partial charge on any atom is -0.337 e. The van der Waals surface area contributed by atoms with E-state index in [-0.39, 0.29) is 35.6 Å². The molecule has 1 aliphatic carbocycles. The molecular weight excluding hydrogens is 574 g/mol. The molecule has 10 nitrogen and oxygen atoms in total. The van der Waals surface area contributed by atoms with Gasteiger partial charge in [-0.05, 0) is 72.4 Å². The second-order valence-corrected chi connectivity index (χ2v) is 11.4. The van der Waals surface area contributed by atoms with Gasteiger partial charge in [0.05, 0.1) is 0 Å². The van der Waals surface area contributed by atoms with E-state index in [0.29, 0.717) is 34.8 Å². The number of halogens is 1. The van der Waals surface area contributed by atoms with Gasteiger partial charge >= 0.3 is 0 Å². The van der Waals surface area contributed by atoms with Crippen LogP contribution in [0.25, 0.3) is 22.0 Å². The quantitative estimate of drug-likeness (QED) is 0.243. The molecule has 0 radical (unpaired) electrons. The zero-order chi connectivity index (χ0) is 28.2. The third-order valence-corrected chi connectivity index (χ3v) is 8.50. The molecule has 0 bridgehead atoms. The molecule has 3 atom stereocenters. The number of aryl methyl sites for hydroxylation is 1. The third kappa shape index (κ3) is 4.58. The van der Waals surface area contributed by atoms with E-state index in [4.69, 9.17) is 5.73 Å². The smallest absolute Gasteiger partial charge is 0.248 e. The number of benzene rings is 1. The Hall–Kier alpha value is -3.96. The van der Waals surface area contributed by atoms with Crippen LogP contribution >= 0.6 is 15.9 Å². The van der Waals surface area contributed by atoms with E-state index in [1.165, 1.54) is 6.92 Å². The topological polar surface area (TPSA) is 136 Å². The van der Waals surface area contributed by atoms with Gasteiger partial charge in [-0.15, -0.1) is 0 Å². The maximum Gasteiger partial charge on any atom is 0.248 e. The highest BCUT2D eigenvalue weighted by Gasteiger charge is 2.66. The SMILES string of the molecule is CC(=O)c1cn(CC(=O)N2C3CC3(CN)C[C@H]2C(=O)Nc2cccc(Br)n2)c2ccc(-c3cnc(C)nc3)cc12. The average molecular weight is 602 g/mol. The first-order chi connectivity index (χ1) is 19.2. The molecule has 11 heteroatoms. The molecule has 6 rings (SSSR count). The number of hydrogen-bond acceptors (Lipinski definition) is 7. The number of rotatable bonds is 7. The zero-order valence-corrected chi connectivity index (χ0v) is 23.7. The van der Waals surface area contributed by atoms with Gasteiger partial charge in [0.15, 0.2) is 5.78 Å². The second-order valence-electron chi connectivity index (χ2n) is 10.6. The molecule has 3 N–H and O–H groups in total. The number of carbonyl (C=O) groups excluding carboxylic acids is 3. The summed E-state index contributed by atoms with van der Waals surface area (Å²) in [5.41, 5.74) is 8.86. The van der Waals surface area contributed by atoms with Crippen molar-refractivity contribution < 1.29 is 14.4 Å². The van der Waals surface area contributed by atoms with Crippen LogP contribution in [0.15, 0.2) is 59.6 Å². The fourth-order valence-corrected chi connectivity index (χ4v) is 6.20. The first-order valence-electron chi connectivity index (χ1n) is 13.1. The van der Waals surface area contributed by atoms with Gasteiger partial charge < -0.3 is 20.5 Å². The molecule has 2 unspecified atom stereocenters. The van der Waals surface area contributed by atoms with Crippen molar-refractivity contribution in [2.24, 2.45) is 11.1 Å². The van der Waals surface area contributed by atoms with Crippen LogP contribution in [0.1, 0.15) is 35.9 Å². The Morgan fingerprint density at radius 1 is 1.12 bits per heavy atom. The Balaban J connectivity index is 1.30. The lowest BCUT2D eigenvalue weighted by atomic mass is 9.99. The van der Waals surface area contributed by atoms with Crippen molar-refractivity contribution in [1.82, 2.24) is 24.4 Å². The van der Waals surface area contributed by atoms with Crippen LogP contribution in [0.2, 0.25) is 0 Å². The number of piperidine rings is 1. The summed E-state index contributed by atoms with van der Waals surface area (Å²) in [4.78, 5) is 54.3. The van der Waals surface area contributed by atoms with E-state index in [2.05, 4.69) is 36.2 Å². The van der Waals surface area contributed by atoms with Crippen LogP contribution in [-0.4, -0.2) is 60.6 Å². The molecule has 4 heterocycles. The monoisotopic (exact) mass is 601 g/mol. The Bertz CT molecular complexity index is 1670. The molecule has 1 aliphatic heterocycles. The molecule has 1 saturated carbocycles. The summed E-state index contributed by atoms with van der Waals surface area (Å²) in [5.74, 6) is 0.508. The highest BCUT2D eigenvalue weighted by atomic mass is 79.9. The van der Waals surface area contributed by atoms with Crippen molar-refractivity contribution in [1.29, 1.82) is 0 Å². The molecule has 0 spiro atoms. The number of aromatic nitrogens is 4. The lowest BCUT2D eigenvalue weighted by molar-refractivity contribution is -0.138. The minimum absolute atomic E-state index is 0.00711. The number of carbonyl (C=O) groups is 3. The summed E-state index contributed by atoms with van der Waals surface area (Å²) in [5, 5.41) is 3.60. The number of nitrogens with two attached hydrogens (primary N) is 1. The predicted molar refractivity (Wildman–Crippen MR) is 153 cm³/mol. The van der Waals surface area contributed by atoms with Crippen LogP contribution in [-0.2, 0) is 16.1 Å². The normalized spacial score (nSPS) is 21.4. The molecule has 2 aliphatic rings. The number of Topliss-reactive ketones (excluding diaryl/α,β-unsaturated/α-hetero) is 1. The van der Waals surface area contributed by atoms with Gasteiger partial charge in [0.2, 0.25) is 11.8 Å². The fraction of sp³-hybridized carbons (Fsp3) is 0.310. The summed E-state index contributed by atoms with van der Waals surface area (Å²) in [7, 11) is 0. The number of likely N-dealkylation sites (tertiary alicyclic amines) is 1. The Morgan fingerprint density at radius 2 is 1.90 bits per heavy atom. The molecule has 204 valence electrons. The van der Waals surface area contributed by atoms with E-state index >= 15 is 0 Å². The molecule has 2 fully saturated rings. The van der Waals surface area contributed by atoms with E-state index in [9.17, 15) is 14.4 Å². The predicted octanol–water partition coefficient (Wildman–Crippen LogP) is 3.72. The van der Waals surface area contributed by atoms with Gasteiger partial charge in [0, 0.05) is 58.6 Å². The number of nitrogens with one attached hydrogen (secondary N) is 1. The number of fused-ring (bicyclic) bond motifs is 2. The van der Waals surface area contributed by atoms with Crippen LogP contribution in [0.4, 0.5) is 5.82 Å². The summed E-state index contributed by atoms with van der Waals surface area (Å²) in [6.07, 6.45) is 6.51. The van der Waals surface area contributed by atoms with Gasteiger partial charge in [0.1, 0.15) is 28.8 Å². The van der Waals surface area contributed by atoms with Crippen molar-refractivity contribution in [2.45, 2.75) is 45.3 Å². The minimum atomic E-state index is -0.655. The molecule has 3 aromatic heterocycles. The van der Waals surface area contributed by atoms with Crippen molar-refractivity contribution >= 4 is 50.2 Å². The van der Waals surface area contributed by atoms with Crippen molar-refractivity contribution in [3.63, 3.8) is 0 Å². The summed E-state index contributed by atoms with van der Waals surface area (Å²) in [6, 6.07) is 10.3. The molecule has 40 heavy (non-hydrogen) atoms. The van der Waals surface area contributed by atoms with E-state index in [1.807, 2.05) is 25.1 Å². The van der Waals surface area contributed by atoms with E-state index in [1.54, 1.807) is 46.3 Å². The maximum absolute atomic E-state index is 13.8. The molecule has 4 aromatic rings. The van der Waals surface area contributed by atoms with Crippen molar-refractivity contribution in [2.75, 3.05) is 11.9 Å². The van der Waals surface area contributed by atoms with E-state index < -0.39 is 6.04 Å². The number of amides is 2. The second kappa shape index (κ2) is 9.90. The number of ketones is 1. The van der Waals surface area contributed by atoms with Crippen LogP contribution < -0.4 is 11.1 Å². The highest BCUT2D eigenvalue weighted by molar-refractivity contribution is 9.10. The lowest BCUT2D eigenvalue weighted by Crippen LogP contribution is -2.46. The maximum atomic E-state index is 13.8. The van der Waals surface area contributed by atoms with Gasteiger partial charge in [-0.25, -0.2) is 15.0 Å². The molecule has 1 aromatic carbocycles. The standard InChI is InChI=1S/C29H28BrN7O3/c1-16(38)21-13-36(22-7-6-18(8-20(21)22)19-11-32-17(2)33-12-19)14-27(39)37-23(9-29(15-31)10-24(29)37)28(40)35-26-5-3-4-25(30)34-26/h3-8,11-13,23-24H,9-10,14-15,31H2,1-2H3,(H,34,35,40)/t23-,24?,29?/m0/s1. The third-order valence-electron chi connectivity index (χ3n) is 8.06. The lowest BCUT2D eigenvalue weighted by Gasteiger charge is -2.27. The van der Waals surface area contributed by atoms with Gasteiger partial charge in [-0.3, -0.25) is 14.4 Å². The van der Waals surface area contributed by atoms with Crippen molar-refractivity contribution in [3.8, 4) is 11.1 Å². The van der Waals surface area contributed by atoms with Gasteiger partial charge in [-0.1, -0.05) is 12.1 Å². The van der Waals surface area contributed by atoms with Crippen LogP contribution in [0.3, 0.4) is 0 Å². The number of pyridine rings is 1. The van der Waals surface area contributed by atoms with Crippen LogP contribution in [0.5, 0.6) is 0 Å². The summed E-state index contributed by atoms with van der Waals surface area (Å²) < 4.78 is 2.39. The first-order valence-corrected chi connectivity index (χ1v) is 13.9. The molecule has 2 amide bonds. The Morgan fingerprint density at radius 3 is 2.60 bits per heavy atom. The molecule has 1 saturated heterocycles. The van der Waals surface area contributed by atoms with E-state index in [0.717, 1.165) is 28.5 Å². The summed E-state index contributed by atoms with van der Waals surface area (Å²) in [6.45, 7) is 3.74. The first kappa shape index (κ1) is 26.3. The van der Waals surface area contributed by atoms with Crippen LogP contribution in [0, 0.1) is 12.3 Å². The zero-order valence-electron chi connectivity index (χ0n) is 22.1. The number of hydrogen-bond donors (Lipinski definition) is 2. The van der Waals surface area contributed by atoms with Gasteiger partial charge in [-0.2, -0.15) is 0 Å². The highest BCUT2D eigenvalue weighted by Crippen LogP contribution is 2.59. The Kier molecular flexibility index (Phi) is 6.50. The fourth-order valence-electron chi connectivity index (χ4n) is 5.85. The largest absolute Gasteiger partial charge is 0.337 e. The Labute approximate surface area is 239 Å². The number of nitrogens with zero attached hydrogens (tertiary/aromatic N) is 5. The number of anilines is 1. The average Bonchev–Trinajstić information content (AvgIpc) is 3.36.